The minimum Gasteiger partial charge on any atom is -0.489 e. The molecule has 0 unspecified atom stereocenters. The molecule has 2 aromatic heterocycles. The molecule has 0 saturated heterocycles. The fourth-order valence-electron chi connectivity index (χ4n) is 4.74. The molecule has 1 aliphatic heterocycles. The predicted molar refractivity (Wildman–Crippen MR) is 133 cm³/mol. The third kappa shape index (κ3) is 4.71. The van der Waals surface area contributed by atoms with Gasteiger partial charge in [-0.2, -0.15) is 0 Å². The van der Waals surface area contributed by atoms with Crippen molar-refractivity contribution in [2.24, 2.45) is 10.9 Å². The van der Waals surface area contributed by atoms with Crippen LogP contribution in [0.4, 0.5) is 20.3 Å². The summed E-state index contributed by atoms with van der Waals surface area (Å²) in [5.41, 5.74) is 4.11. The number of rotatable bonds is 7. The van der Waals surface area contributed by atoms with E-state index in [0.717, 1.165) is 48.1 Å². The Bertz CT molecular complexity index is 1310. The summed E-state index contributed by atoms with van der Waals surface area (Å²) in [4.78, 5) is 29.2. The zero-order valence-corrected chi connectivity index (χ0v) is 20.7. The van der Waals surface area contributed by atoms with Crippen molar-refractivity contribution in [3.63, 3.8) is 0 Å². The number of ether oxygens (including phenoxy) is 1. The summed E-state index contributed by atoms with van der Waals surface area (Å²) >= 11 is 1.54. The first kappa shape index (κ1) is 23.6. The van der Waals surface area contributed by atoms with E-state index in [1.54, 1.807) is 11.3 Å². The second-order valence-corrected chi connectivity index (χ2v) is 10.3. The number of anilines is 2. The Morgan fingerprint density at radius 3 is 2.91 bits per heavy atom. The van der Waals surface area contributed by atoms with Crippen LogP contribution in [-0.2, 0) is 24.2 Å². The van der Waals surface area contributed by atoms with Gasteiger partial charge in [-0.15, -0.1) is 11.3 Å². The van der Waals surface area contributed by atoms with Gasteiger partial charge in [0.25, 0.3) is 6.43 Å². The van der Waals surface area contributed by atoms with Gasteiger partial charge in [-0.05, 0) is 61.9 Å². The number of nitrogens with one attached hydrogen (secondary N) is 1. The molecule has 1 amide bonds. The van der Waals surface area contributed by atoms with E-state index in [1.165, 1.54) is 13.4 Å². The van der Waals surface area contributed by atoms with Crippen molar-refractivity contribution in [2.45, 2.75) is 52.2 Å². The number of thiophene rings is 1. The van der Waals surface area contributed by atoms with Crippen molar-refractivity contribution in [1.29, 1.82) is 0 Å². The lowest BCUT2D eigenvalue weighted by molar-refractivity contribution is -0.136. The molecular formula is C25H27F2N5O2S. The first-order chi connectivity index (χ1) is 16.8. The fourth-order valence-corrected chi connectivity index (χ4v) is 6.01. The molecule has 35 heavy (non-hydrogen) atoms. The molecule has 0 radical (unpaired) electrons. The molecule has 1 aliphatic carbocycles. The largest absolute Gasteiger partial charge is 0.489 e. The monoisotopic (exact) mass is 499 g/mol. The van der Waals surface area contributed by atoms with Crippen molar-refractivity contribution < 1.29 is 18.3 Å². The molecule has 10 heteroatoms. The highest BCUT2D eigenvalue weighted by molar-refractivity contribution is 7.19. The number of aromatic nitrogens is 2. The number of nitrogens with zero attached hydrogens (tertiary/aromatic N) is 4. The molecule has 0 spiro atoms. The van der Waals surface area contributed by atoms with Crippen molar-refractivity contribution in [2.75, 3.05) is 18.9 Å². The molecule has 0 saturated carbocycles. The normalized spacial score (nSPS) is 16.6. The average Bonchev–Trinajstić information content (AvgIpc) is 3.41. The molecule has 1 N–H and O–H groups in total. The number of alkyl halides is 2. The minimum atomic E-state index is -2.54. The van der Waals surface area contributed by atoms with Gasteiger partial charge in [-0.3, -0.25) is 9.79 Å². The van der Waals surface area contributed by atoms with Crippen molar-refractivity contribution in [3.8, 4) is 5.75 Å². The molecule has 3 heterocycles. The maximum atomic E-state index is 12.8. The van der Waals surface area contributed by atoms with E-state index < -0.39 is 13.0 Å². The number of hydrogen-bond donors (Lipinski definition) is 1. The second kappa shape index (κ2) is 9.49. The summed E-state index contributed by atoms with van der Waals surface area (Å²) in [6.07, 6.45) is 2.67. The third-order valence-electron chi connectivity index (χ3n) is 6.33. The Balaban J connectivity index is 1.46. The van der Waals surface area contributed by atoms with Crippen LogP contribution in [0.5, 0.6) is 5.75 Å². The maximum absolute atomic E-state index is 12.8. The van der Waals surface area contributed by atoms with Crippen LogP contribution in [0, 0.1) is 5.92 Å². The Morgan fingerprint density at radius 2 is 2.14 bits per heavy atom. The lowest BCUT2D eigenvalue weighted by Gasteiger charge is -2.26. The summed E-state index contributed by atoms with van der Waals surface area (Å²) < 4.78 is 31.6. The van der Waals surface area contributed by atoms with E-state index in [0.29, 0.717) is 31.6 Å². The smallest absolute Gasteiger partial charge is 0.255 e. The lowest BCUT2D eigenvalue weighted by atomic mass is 9.87. The first-order valence-electron chi connectivity index (χ1n) is 11.7. The maximum Gasteiger partial charge on any atom is 0.255 e. The molecule has 3 aromatic rings. The Labute approximate surface area is 206 Å². The molecule has 184 valence electrons. The van der Waals surface area contributed by atoms with Crippen molar-refractivity contribution in [1.82, 2.24) is 14.9 Å². The van der Waals surface area contributed by atoms with Gasteiger partial charge in [0.15, 0.2) is 0 Å². The van der Waals surface area contributed by atoms with Crippen molar-refractivity contribution >= 4 is 45.2 Å². The number of amides is 1. The fraction of sp³-hybridized carbons (Fsp3) is 0.440. The van der Waals surface area contributed by atoms with Crippen molar-refractivity contribution in [3.05, 3.63) is 40.0 Å². The predicted octanol–water partition coefficient (Wildman–Crippen LogP) is 4.98. The van der Waals surface area contributed by atoms with E-state index in [-0.39, 0.29) is 17.9 Å². The molecule has 5 rings (SSSR count). The van der Waals surface area contributed by atoms with Gasteiger partial charge in [-0.25, -0.2) is 18.7 Å². The van der Waals surface area contributed by atoms with Crippen LogP contribution in [0.3, 0.4) is 0 Å². The van der Waals surface area contributed by atoms with E-state index in [9.17, 15) is 13.6 Å². The molecule has 0 fully saturated rings. The molecule has 0 bridgehead atoms. The number of fused-ring (bicyclic) bond motifs is 4. The number of hydrogen-bond acceptors (Lipinski definition) is 7. The number of benzene rings is 1. The Kier molecular flexibility index (Phi) is 6.39. The highest BCUT2D eigenvalue weighted by Crippen LogP contribution is 2.42. The molecule has 1 atom stereocenters. The standard InChI is InChI=1S/C25H27F2N5O2S/c1-13(2)34-19-7-16-10-28-9-15(16)6-18(19)31-23-22-17-5-4-14(25(33)32(3)11-21(26)27)8-20(17)35-24(22)30-12-29-23/h6-7,9,12-14,21H,4-5,8,10-11H2,1-3H3,(H,29,30,31)/t14-/m0/s1. The zero-order chi connectivity index (χ0) is 24.7. The van der Waals surface area contributed by atoms with Gasteiger partial charge in [0, 0.05) is 24.1 Å². The van der Waals surface area contributed by atoms with Gasteiger partial charge >= 0.3 is 0 Å². The van der Waals surface area contributed by atoms with Gasteiger partial charge in [0.2, 0.25) is 5.91 Å². The molecular weight excluding hydrogens is 472 g/mol. The Hall–Kier alpha value is -3.14. The summed E-state index contributed by atoms with van der Waals surface area (Å²) in [6.45, 7) is 4.08. The average molecular weight is 500 g/mol. The van der Waals surface area contributed by atoms with Crippen LogP contribution in [0.2, 0.25) is 0 Å². The number of halogens is 2. The lowest BCUT2D eigenvalue weighted by Crippen LogP contribution is -2.38. The summed E-state index contributed by atoms with van der Waals surface area (Å²) in [5, 5.41) is 4.42. The topological polar surface area (TPSA) is 79.7 Å². The first-order valence-corrected chi connectivity index (χ1v) is 12.5. The van der Waals surface area contributed by atoms with Crippen LogP contribution in [-0.4, -0.2) is 53.1 Å². The van der Waals surface area contributed by atoms with Gasteiger partial charge < -0.3 is 15.0 Å². The van der Waals surface area contributed by atoms with Crippen LogP contribution in [0.1, 0.15) is 41.8 Å². The number of aliphatic imine (C=N–C) groups is 1. The van der Waals surface area contributed by atoms with E-state index >= 15 is 0 Å². The van der Waals surface area contributed by atoms with Crippen LogP contribution < -0.4 is 10.1 Å². The molecule has 1 aromatic carbocycles. The SMILES string of the molecule is CC(C)Oc1cc2c(cc1Nc1ncnc3sc4c(c13)CC[C@H](C(=O)N(C)CC(F)F)C4)C=NC2. The molecule has 7 nitrogen and oxygen atoms in total. The van der Waals surface area contributed by atoms with Crippen LogP contribution in [0.15, 0.2) is 23.5 Å². The number of carbonyl (C=O) groups excluding carboxylic acids is 1. The summed E-state index contributed by atoms with van der Waals surface area (Å²) in [6, 6.07) is 4.06. The van der Waals surface area contributed by atoms with E-state index in [1.807, 2.05) is 32.2 Å². The summed E-state index contributed by atoms with van der Waals surface area (Å²) in [5.74, 6) is 0.905. The Morgan fingerprint density at radius 1 is 1.31 bits per heavy atom. The zero-order valence-electron chi connectivity index (χ0n) is 19.8. The quantitative estimate of drug-likeness (QED) is 0.496. The highest BCUT2D eigenvalue weighted by Gasteiger charge is 2.31. The van der Waals surface area contributed by atoms with Gasteiger partial charge in [-0.1, -0.05) is 0 Å². The van der Waals surface area contributed by atoms with Crippen LogP contribution in [0.25, 0.3) is 10.2 Å². The molecule has 2 aliphatic rings. The summed E-state index contributed by atoms with van der Waals surface area (Å²) in [7, 11) is 1.45. The van der Waals surface area contributed by atoms with E-state index in [2.05, 4.69) is 20.3 Å². The third-order valence-corrected chi connectivity index (χ3v) is 7.49. The van der Waals surface area contributed by atoms with Crippen LogP contribution >= 0.6 is 11.3 Å². The number of carbonyl (C=O) groups is 1. The number of aryl methyl sites for hydroxylation is 1. The van der Waals surface area contributed by atoms with Gasteiger partial charge in [0.05, 0.1) is 30.3 Å². The van der Waals surface area contributed by atoms with Gasteiger partial charge in [0.1, 0.15) is 22.7 Å². The highest BCUT2D eigenvalue weighted by atomic mass is 32.1. The second-order valence-electron chi connectivity index (χ2n) is 9.26. The minimum absolute atomic E-state index is 0.00733. The van der Waals surface area contributed by atoms with E-state index in [4.69, 9.17) is 4.74 Å².